The number of hydrogen-bond donors (Lipinski definition) is 1. The van der Waals surface area contributed by atoms with Crippen molar-refractivity contribution in [3.63, 3.8) is 0 Å². The van der Waals surface area contributed by atoms with Crippen LogP contribution in [0.15, 0.2) is 51.8 Å². The third-order valence-electron chi connectivity index (χ3n) is 5.54. The van der Waals surface area contributed by atoms with E-state index in [9.17, 15) is 9.59 Å². The summed E-state index contributed by atoms with van der Waals surface area (Å²) in [4.78, 5) is 26.2. The lowest BCUT2D eigenvalue weighted by Gasteiger charge is -2.17. The number of amides is 1. The fourth-order valence-electron chi connectivity index (χ4n) is 3.69. The lowest BCUT2D eigenvalue weighted by Crippen LogP contribution is -2.34. The monoisotopic (exact) mass is 432 g/mol. The minimum Gasteiger partial charge on any atom is -0.497 e. The molecule has 8 heteroatoms. The molecule has 0 fully saturated rings. The molecule has 0 aliphatic carbocycles. The normalized spacial score (nSPS) is 12.0. The summed E-state index contributed by atoms with van der Waals surface area (Å²) in [5, 5.41) is 12.0. The van der Waals surface area contributed by atoms with E-state index in [1.165, 1.54) is 0 Å². The fourth-order valence-corrected chi connectivity index (χ4v) is 3.69. The van der Waals surface area contributed by atoms with Crippen molar-refractivity contribution in [2.45, 2.75) is 33.7 Å². The van der Waals surface area contributed by atoms with Crippen molar-refractivity contribution in [2.24, 2.45) is 0 Å². The Kier molecular flexibility index (Phi) is 5.52. The van der Waals surface area contributed by atoms with Crippen LogP contribution < -0.4 is 15.6 Å². The van der Waals surface area contributed by atoms with E-state index in [1.807, 2.05) is 56.3 Å². The largest absolute Gasteiger partial charge is 0.497 e. The molecule has 0 saturated carbocycles. The fraction of sp³-hybridized carbons (Fsp3) is 0.250. The quantitative estimate of drug-likeness (QED) is 0.508. The topological polar surface area (TPSA) is 99.2 Å². The molecule has 0 bridgehead atoms. The van der Waals surface area contributed by atoms with Crippen LogP contribution in [0.1, 0.15) is 29.9 Å². The molecule has 164 valence electrons. The highest BCUT2D eigenvalue weighted by molar-refractivity contribution is 5.96. The number of carbonyl (C=O) groups is 1. The number of rotatable bonds is 5. The number of para-hydroxylation sites is 1. The molecular weight excluding hydrogens is 408 g/mol. The number of aryl methyl sites for hydroxylation is 3. The highest BCUT2D eigenvalue weighted by atomic mass is 16.5. The predicted octanol–water partition coefficient (Wildman–Crippen LogP) is 4.19. The van der Waals surface area contributed by atoms with E-state index in [1.54, 1.807) is 21.0 Å². The average molecular weight is 432 g/mol. The van der Waals surface area contributed by atoms with Gasteiger partial charge in [0.05, 0.1) is 12.5 Å². The van der Waals surface area contributed by atoms with Crippen molar-refractivity contribution in [3.05, 3.63) is 69.7 Å². The van der Waals surface area contributed by atoms with Gasteiger partial charge >= 0.3 is 0 Å². The lowest BCUT2D eigenvalue weighted by atomic mass is 10.1. The van der Waals surface area contributed by atoms with Gasteiger partial charge in [-0.3, -0.25) is 9.59 Å². The number of nitrogens with zero attached hydrogens (tertiary/aromatic N) is 3. The second-order valence-corrected chi connectivity index (χ2v) is 7.72. The molecular formula is C24H24N4O4. The average Bonchev–Trinajstić information content (AvgIpc) is 3.18. The Morgan fingerprint density at radius 3 is 2.50 bits per heavy atom. The summed E-state index contributed by atoms with van der Waals surface area (Å²) < 4.78 is 11.8. The first-order chi connectivity index (χ1) is 15.3. The van der Waals surface area contributed by atoms with Gasteiger partial charge in [-0.2, -0.15) is 5.10 Å². The highest BCUT2D eigenvalue weighted by Gasteiger charge is 2.25. The molecule has 4 rings (SSSR count). The van der Waals surface area contributed by atoms with Gasteiger partial charge in [0.1, 0.15) is 23.2 Å². The minimum absolute atomic E-state index is 0.127. The van der Waals surface area contributed by atoms with E-state index in [4.69, 9.17) is 9.26 Å². The van der Waals surface area contributed by atoms with Gasteiger partial charge in [0.2, 0.25) is 5.91 Å². The molecule has 0 radical (unpaired) electrons. The molecule has 0 aliphatic heterocycles. The predicted molar refractivity (Wildman–Crippen MR) is 122 cm³/mol. The van der Waals surface area contributed by atoms with Gasteiger partial charge in [0.15, 0.2) is 5.52 Å². The third-order valence-corrected chi connectivity index (χ3v) is 5.54. The molecule has 1 atom stereocenters. The van der Waals surface area contributed by atoms with Crippen LogP contribution in [0, 0.1) is 20.8 Å². The SMILES string of the molecule is COc1cccc(-c2nn([C@@H](C)C(=O)Nc3c(C)cccc3C)c(=O)c3noc(C)c23)c1. The van der Waals surface area contributed by atoms with Crippen molar-refractivity contribution in [1.29, 1.82) is 0 Å². The molecule has 32 heavy (non-hydrogen) atoms. The number of nitrogens with one attached hydrogen (secondary N) is 1. The third kappa shape index (κ3) is 3.64. The summed E-state index contributed by atoms with van der Waals surface area (Å²) >= 11 is 0. The molecule has 0 saturated heterocycles. The standard InChI is InChI=1S/C24H24N4O4/c1-13-8-6-9-14(2)20(13)25-23(29)15(3)28-24(30)22-19(16(4)32-27-22)21(26-28)17-10-7-11-18(12-17)31-5/h6-12,15H,1-5H3,(H,25,29)/t15-/m0/s1. The zero-order chi connectivity index (χ0) is 23.0. The molecule has 1 amide bonds. The minimum atomic E-state index is -0.882. The van der Waals surface area contributed by atoms with Crippen molar-refractivity contribution in [1.82, 2.24) is 14.9 Å². The zero-order valence-corrected chi connectivity index (χ0v) is 18.6. The number of fused-ring (bicyclic) bond motifs is 1. The number of aromatic nitrogens is 3. The Hall–Kier alpha value is -3.94. The summed E-state index contributed by atoms with van der Waals surface area (Å²) in [6.45, 7) is 7.19. The Labute approximate surface area is 184 Å². The van der Waals surface area contributed by atoms with Crippen LogP contribution >= 0.6 is 0 Å². The van der Waals surface area contributed by atoms with Crippen LogP contribution in [0.25, 0.3) is 22.2 Å². The van der Waals surface area contributed by atoms with E-state index in [0.717, 1.165) is 27.1 Å². The number of carbonyl (C=O) groups excluding carboxylic acids is 1. The first-order valence-corrected chi connectivity index (χ1v) is 10.2. The van der Waals surface area contributed by atoms with Crippen molar-refractivity contribution >= 4 is 22.5 Å². The van der Waals surface area contributed by atoms with Crippen LogP contribution in [0.3, 0.4) is 0 Å². The van der Waals surface area contributed by atoms with Crippen molar-refractivity contribution in [3.8, 4) is 17.0 Å². The number of anilines is 1. The molecule has 0 aliphatic rings. The van der Waals surface area contributed by atoms with Crippen molar-refractivity contribution < 1.29 is 14.1 Å². The van der Waals surface area contributed by atoms with E-state index >= 15 is 0 Å². The Balaban J connectivity index is 1.83. The van der Waals surface area contributed by atoms with E-state index in [-0.39, 0.29) is 11.4 Å². The van der Waals surface area contributed by atoms with E-state index in [0.29, 0.717) is 22.6 Å². The maximum absolute atomic E-state index is 13.2. The Bertz CT molecular complexity index is 1370. The molecule has 8 nitrogen and oxygen atoms in total. The van der Waals surface area contributed by atoms with Gasteiger partial charge in [-0.1, -0.05) is 35.5 Å². The molecule has 2 aromatic carbocycles. The molecule has 4 aromatic rings. The number of methoxy groups -OCH3 is 1. The molecule has 2 aromatic heterocycles. The first-order valence-electron chi connectivity index (χ1n) is 10.2. The highest BCUT2D eigenvalue weighted by Crippen LogP contribution is 2.30. The van der Waals surface area contributed by atoms with Crippen LogP contribution in [-0.2, 0) is 4.79 Å². The maximum atomic E-state index is 13.2. The maximum Gasteiger partial charge on any atom is 0.297 e. The second-order valence-electron chi connectivity index (χ2n) is 7.72. The summed E-state index contributed by atoms with van der Waals surface area (Å²) in [6, 6.07) is 12.2. The summed E-state index contributed by atoms with van der Waals surface area (Å²) in [5.41, 5.74) is 3.44. The van der Waals surface area contributed by atoms with Gasteiger partial charge in [-0.05, 0) is 51.0 Å². The first kappa shape index (κ1) is 21.3. The van der Waals surface area contributed by atoms with Crippen LogP contribution in [0.2, 0.25) is 0 Å². The van der Waals surface area contributed by atoms with Crippen molar-refractivity contribution in [2.75, 3.05) is 12.4 Å². The number of ether oxygens (including phenoxy) is 1. The van der Waals surface area contributed by atoms with Gasteiger partial charge in [-0.25, -0.2) is 4.68 Å². The lowest BCUT2D eigenvalue weighted by molar-refractivity contribution is -0.119. The van der Waals surface area contributed by atoms with E-state index < -0.39 is 11.6 Å². The molecule has 1 N–H and O–H groups in total. The van der Waals surface area contributed by atoms with Crippen LogP contribution in [0.4, 0.5) is 5.69 Å². The second kappa shape index (κ2) is 8.30. The van der Waals surface area contributed by atoms with Crippen LogP contribution in [0.5, 0.6) is 5.75 Å². The van der Waals surface area contributed by atoms with Crippen LogP contribution in [-0.4, -0.2) is 28.0 Å². The molecule has 2 heterocycles. The van der Waals surface area contributed by atoms with Gasteiger partial charge in [-0.15, -0.1) is 0 Å². The smallest absolute Gasteiger partial charge is 0.297 e. The van der Waals surface area contributed by atoms with Gasteiger partial charge in [0.25, 0.3) is 5.56 Å². The number of benzene rings is 2. The number of hydrogen-bond acceptors (Lipinski definition) is 6. The van der Waals surface area contributed by atoms with E-state index in [2.05, 4.69) is 15.6 Å². The molecule has 0 unspecified atom stereocenters. The summed E-state index contributed by atoms with van der Waals surface area (Å²) in [7, 11) is 1.58. The summed E-state index contributed by atoms with van der Waals surface area (Å²) in [5.74, 6) is 0.764. The Morgan fingerprint density at radius 2 is 1.81 bits per heavy atom. The van der Waals surface area contributed by atoms with Gasteiger partial charge in [0, 0.05) is 11.3 Å². The van der Waals surface area contributed by atoms with Gasteiger partial charge < -0.3 is 14.6 Å². The Morgan fingerprint density at radius 1 is 1.12 bits per heavy atom. The summed E-state index contributed by atoms with van der Waals surface area (Å²) in [6.07, 6.45) is 0. The molecule has 0 spiro atoms. The zero-order valence-electron chi connectivity index (χ0n) is 18.6.